The minimum absolute atomic E-state index is 0.147. The van der Waals surface area contributed by atoms with Crippen LogP contribution in [0.5, 0.6) is 5.75 Å². The molecule has 2 aromatic carbocycles. The van der Waals surface area contributed by atoms with E-state index in [2.05, 4.69) is 34.5 Å². The zero-order valence-electron chi connectivity index (χ0n) is 11.7. The number of anilines is 1. The number of hydrogen-bond acceptors (Lipinski definition) is 2. The fourth-order valence-electron chi connectivity index (χ4n) is 1.73. The van der Waals surface area contributed by atoms with Crippen molar-refractivity contribution >= 4 is 34.2 Å². The molecule has 108 valence electrons. The quantitative estimate of drug-likeness (QED) is 0.600. The Balaban J connectivity index is 2.18. The van der Waals surface area contributed by atoms with Gasteiger partial charge in [-0.3, -0.25) is 4.79 Å². The van der Waals surface area contributed by atoms with Crippen molar-refractivity contribution < 1.29 is 9.53 Å². The minimum atomic E-state index is -0.147. The summed E-state index contributed by atoms with van der Waals surface area (Å²) in [6.07, 6.45) is 0. The van der Waals surface area contributed by atoms with Crippen molar-refractivity contribution in [2.75, 3.05) is 11.9 Å². The molecule has 0 atom stereocenters. The largest absolute Gasteiger partial charge is 0.487 e. The zero-order valence-corrected chi connectivity index (χ0v) is 13.9. The van der Waals surface area contributed by atoms with Crippen molar-refractivity contribution in [3.05, 3.63) is 69.8 Å². The maximum Gasteiger partial charge on any atom is 0.256 e. The highest BCUT2D eigenvalue weighted by atomic mass is 127. The van der Waals surface area contributed by atoms with Crippen LogP contribution in [0, 0.1) is 3.57 Å². The molecule has 0 aliphatic carbocycles. The number of benzene rings is 2. The van der Waals surface area contributed by atoms with Crippen LogP contribution in [0.2, 0.25) is 0 Å². The number of para-hydroxylation sites is 2. The molecule has 1 N–H and O–H groups in total. The number of nitrogens with one attached hydrogen (secondary N) is 1. The van der Waals surface area contributed by atoms with Crippen molar-refractivity contribution in [1.82, 2.24) is 0 Å². The molecule has 0 saturated carbocycles. The van der Waals surface area contributed by atoms with Gasteiger partial charge in [0.15, 0.2) is 0 Å². The molecule has 4 heteroatoms. The maximum absolute atomic E-state index is 12.3. The molecule has 2 aromatic rings. The first-order chi connectivity index (χ1) is 10.1. The lowest BCUT2D eigenvalue weighted by Gasteiger charge is -2.13. The van der Waals surface area contributed by atoms with Gasteiger partial charge in [-0.15, -0.1) is 0 Å². The van der Waals surface area contributed by atoms with E-state index in [-0.39, 0.29) is 5.91 Å². The van der Waals surface area contributed by atoms with Crippen molar-refractivity contribution in [1.29, 1.82) is 0 Å². The Kier molecular flexibility index (Phi) is 5.38. The van der Waals surface area contributed by atoms with E-state index in [1.54, 1.807) is 6.07 Å². The van der Waals surface area contributed by atoms with Crippen LogP contribution < -0.4 is 10.1 Å². The monoisotopic (exact) mass is 393 g/mol. The smallest absolute Gasteiger partial charge is 0.256 e. The highest BCUT2D eigenvalue weighted by Gasteiger charge is 2.12. The molecule has 0 aliphatic heterocycles. The molecule has 0 heterocycles. The minimum Gasteiger partial charge on any atom is -0.487 e. The second kappa shape index (κ2) is 7.26. The summed E-state index contributed by atoms with van der Waals surface area (Å²) in [7, 11) is 0. The van der Waals surface area contributed by atoms with Gasteiger partial charge in [-0.1, -0.05) is 30.8 Å². The summed E-state index contributed by atoms with van der Waals surface area (Å²) in [5.74, 6) is 0.492. The predicted octanol–water partition coefficient (Wildman–Crippen LogP) is 4.50. The van der Waals surface area contributed by atoms with E-state index in [0.29, 0.717) is 23.6 Å². The van der Waals surface area contributed by atoms with Crippen molar-refractivity contribution in [3.63, 3.8) is 0 Å². The first-order valence-corrected chi connectivity index (χ1v) is 7.58. The molecule has 21 heavy (non-hydrogen) atoms. The molecule has 1 amide bonds. The average Bonchev–Trinajstić information content (AvgIpc) is 2.46. The van der Waals surface area contributed by atoms with Crippen LogP contribution in [0.1, 0.15) is 17.3 Å². The summed E-state index contributed by atoms with van der Waals surface area (Å²) in [5, 5.41) is 2.89. The molecule has 2 rings (SSSR count). The maximum atomic E-state index is 12.3. The average molecular weight is 393 g/mol. The third kappa shape index (κ3) is 4.32. The molecular weight excluding hydrogens is 377 g/mol. The van der Waals surface area contributed by atoms with E-state index in [9.17, 15) is 4.79 Å². The molecule has 0 radical (unpaired) electrons. The predicted molar refractivity (Wildman–Crippen MR) is 93.9 cm³/mol. The normalized spacial score (nSPS) is 10.0. The Morgan fingerprint density at radius 1 is 1.19 bits per heavy atom. The lowest BCUT2D eigenvalue weighted by atomic mass is 10.2. The Morgan fingerprint density at radius 2 is 1.86 bits per heavy atom. The van der Waals surface area contributed by atoms with Crippen LogP contribution in [0.15, 0.2) is 60.7 Å². The molecular formula is C17H16INO2. The summed E-state index contributed by atoms with van der Waals surface area (Å²) < 4.78 is 6.56. The van der Waals surface area contributed by atoms with Gasteiger partial charge in [0.2, 0.25) is 0 Å². The van der Waals surface area contributed by atoms with Crippen LogP contribution in [-0.2, 0) is 0 Å². The summed E-state index contributed by atoms with van der Waals surface area (Å²) in [5.41, 5.74) is 2.23. The molecule has 0 aromatic heterocycles. The Labute approximate surface area is 138 Å². The summed E-state index contributed by atoms with van der Waals surface area (Å²) >= 11 is 2.15. The molecule has 0 spiro atoms. The lowest BCUT2D eigenvalue weighted by molar-refractivity contribution is 0.102. The van der Waals surface area contributed by atoms with E-state index >= 15 is 0 Å². The van der Waals surface area contributed by atoms with Gasteiger partial charge in [0.1, 0.15) is 12.4 Å². The van der Waals surface area contributed by atoms with Gasteiger partial charge < -0.3 is 10.1 Å². The first-order valence-electron chi connectivity index (χ1n) is 6.50. The highest BCUT2D eigenvalue weighted by Crippen LogP contribution is 2.25. The number of carbonyl (C=O) groups is 1. The van der Waals surface area contributed by atoms with Gasteiger partial charge in [-0.25, -0.2) is 0 Å². The Hall–Kier alpha value is -1.82. The van der Waals surface area contributed by atoms with Crippen LogP contribution in [-0.4, -0.2) is 12.5 Å². The number of ether oxygens (including phenoxy) is 1. The molecule has 0 unspecified atom stereocenters. The van der Waals surface area contributed by atoms with Gasteiger partial charge in [-0.2, -0.15) is 0 Å². The molecule has 0 aliphatic rings. The van der Waals surface area contributed by atoms with E-state index in [1.165, 1.54) is 0 Å². The number of rotatable bonds is 5. The SMILES string of the molecule is C=C(C)COc1ccccc1NC(=O)c1ccccc1I. The fraction of sp³-hybridized carbons (Fsp3) is 0.118. The third-order valence-electron chi connectivity index (χ3n) is 2.73. The third-order valence-corrected chi connectivity index (χ3v) is 3.67. The standard InChI is InChI=1S/C17H16INO2/c1-12(2)11-21-16-10-6-5-9-15(16)19-17(20)13-7-3-4-8-14(13)18/h3-10H,1,11H2,2H3,(H,19,20). The van der Waals surface area contributed by atoms with Crippen molar-refractivity contribution in [2.45, 2.75) is 6.92 Å². The van der Waals surface area contributed by atoms with Gasteiger partial charge in [0, 0.05) is 3.57 Å². The molecule has 0 saturated heterocycles. The Bertz CT molecular complexity index is 667. The number of amides is 1. The highest BCUT2D eigenvalue weighted by molar-refractivity contribution is 14.1. The number of hydrogen-bond donors (Lipinski definition) is 1. The topological polar surface area (TPSA) is 38.3 Å². The van der Waals surface area contributed by atoms with E-state index in [1.807, 2.05) is 49.4 Å². The van der Waals surface area contributed by atoms with Crippen LogP contribution in [0.4, 0.5) is 5.69 Å². The van der Waals surface area contributed by atoms with Gasteiger partial charge in [0.05, 0.1) is 11.3 Å². The first kappa shape index (κ1) is 15.6. The van der Waals surface area contributed by atoms with E-state index in [0.717, 1.165) is 9.14 Å². The van der Waals surface area contributed by atoms with Crippen LogP contribution in [0.3, 0.4) is 0 Å². The van der Waals surface area contributed by atoms with Gasteiger partial charge >= 0.3 is 0 Å². The zero-order chi connectivity index (χ0) is 15.2. The summed E-state index contributed by atoms with van der Waals surface area (Å²) in [4.78, 5) is 12.3. The van der Waals surface area contributed by atoms with Crippen LogP contribution >= 0.6 is 22.6 Å². The summed E-state index contributed by atoms with van der Waals surface area (Å²) in [6.45, 7) is 6.13. The number of carbonyl (C=O) groups excluding carboxylic acids is 1. The van der Waals surface area contributed by atoms with Crippen molar-refractivity contribution in [3.8, 4) is 5.75 Å². The van der Waals surface area contributed by atoms with E-state index in [4.69, 9.17) is 4.74 Å². The molecule has 3 nitrogen and oxygen atoms in total. The molecule has 0 fully saturated rings. The fourth-order valence-corrected chi connectivity index (χ4v) is 2.36. The van der Waals surface area contributed by atoms with Gasteiger partial charge in [0.25, 0.3) is 5.91 Å². The van der Waals surface area contributed by atoms with Gasteiger partial charge in [-0.05, 0) is 59.4 Å². The molecule has 0 bridgehead atoms. The van der Waals surface area contributed by atoms with Crippen molar-refractivity contribution in [2.24, 2.45) is 0 Å². The van der Waals surface area contributed by atoms with E-state index < -0.39 is 0 Å². The number of halogens is 1. The second-order valence-corrected chi connectivity index (χ2v) is 5.84. The Morgan fingerprint density at radius 3 is 2.57 bits per heavy atom. The second-order valence-electron chi connectivity index (χ2n) is 4.68. The van der Waals surface area contributed by atoms with Crippen LogP contribution in [0.25, 0.3) is 0 Å². The summed E-state index contributed by atoms with van der Waals surface area (Å²) in [6, 6.07) is 14.8. The lowest BCUT2D eigenvalue weighted by Crippen LogP contribution is -2.14.